The molecule has 1 heteroatoms. The Kier molecular flexibility index (Phi) is 11.7. The maximum absolute atomic E-state index is 3.16. The van der Waals surface area contributed by atoms with Crippen molar-refractivity contribution in [3.63, 3.8) is 0 Å². The molecule has 0 aliphatic rings. The third-order valence-electron chi connectivity index (χ3n) is 2.01. The fourth-order valence-corrected chi connectivity index (χ4v) is 1.65. The molecule has 0 aliphatic carbocycles. The van der Waals surface area contributed by atoms with Gasteiger partial charge >= 0.3 is 91.1 Å². The summed E-state index contributed by atoms with van der Waals surface area (Å²) in [6.45, 7) is 2.26. The van der Waals surface area contributed by atoms with Gasteiger partial charge in [-0.15, -0.1) is 0 Å². The van der Waals surface area contributed by atoms with E-state index in [4.69, 9.17) is 0 Å². The van der Waals surface area contributed by atoms with E-state index in [1.165, 1.54) is 44.9 Å². The molecule has 0 aromatic carbocycles. The Morgan fingerprint density at radius 3 is 2.08 bits per heavy atom. The van der Waals surface area contributed by atoms with Crippen LogP contribution in [-0.4, -0.2) is 23.0 Å². The summed E-state index contributed by atoms with van der Waals surface area (Å²) in [5.74, 6) is 3.16. The van der Waals surface area contributed by atoms with Crippen molar-refractivity contribution in [2.75, 3.05) is 0 Å². The Hall–Kier alpha value is 0.378. The zero-order valence-electron chi connectivity index (χ0n) is 8.23. The summed E-state index contributed by atoms with van der Waals surface area (Å²) in [6.07, 6.45) is 10.9. The van der Waals surface area contributed by atoms with Crippen LogP contribution in [0.15, 0.2) is 0 Å². The normalized spacial score (nSPS) is 9.17. The molecule has 0 amide bonds. The van der Waals surface area contributed by atoms with E-state index in [9.17, 15) is 0 Å². The van der Waals surface area contributed by atoms with Gasteiger partial charge in [0.1, 0.15) is 0 Å². The minimum atomic E-state index is 1.10. The average Bonchev–Trinajstić information content (AvgIpc) is 2.10. The van der Waals surface area contributed by atoms with E-state index in [0.29, 0.717) is 0 Å². The van der Waals surface area contributed by atoms with E-state index in [1.54, 1.807) is 0 Å². The fourth-order valence-electron chi connectivity index (χ4n) is 1.24. The van der Waals surface area contributed by atoms with Crippen LogP contribution in [0, 0.1) is 9.79 Å². The van der Waals surface area contributed by atoms with Gasteiger partial charge in [0.05, 0.1) is 0 Å². The van der Waals surface area contributed by atoms with Crippen LogP contribution in [0.1, 0.15) is 58.3 Å². The predicted molar refractivity (Wildman–Crippen MR) is 58.9 cm³/mol. The van der Waals surface area contributed by atoms with Gasteiger partial charge in [0.15, 0.2) is 0 Å². The summed E-state index contributed by atoms with van der Waals surface area (Å²) < 4.78 is 3.06. The van der Waals surface area contributed by atoms with Crippen molar-refractivity contribution in [2.24, 2.45) is 0 Å². The van der Waals surface area contributed by atoms with E-state index >= 15 is 0 Å². The SMILES string of the molecule is CCCCCCCCCC#[C][SbH2]. The predicted octanol–water partition coefficient (Wildman–Crippen LogP) is 2.72. The molecule has 0 aromatic heterocycles. The molecule has 70 valence electrons. The first-order valence-corrected chi connectivity index (χ1v) is 6.75. The van der Waals surface area contributed by atoms with Gasteiger partial charge in [-0.05, 0) is 0 Å². The molecule has 0 atom stereocenters. The number of rotatable bonds is 7. The zero-order chi connectivity index (χ0) is 9.07. The van der Waals surface area contributed by atoms with Crippen molar-refractivity contribution >= 4 is 23.0 Å². The van der Waals surface area contributed by atoms with Crippen molar-refractivity contribution < 1.29 is 0 Å². The van der Waals surface area contributed by atoms with Gasteiger partial charge in [-0.3, -0.25) is 0 Å². The summed E-state index contributed by atoms with van der Waals surface area (Å²) in [7, 11) is 0. The van der Waals surface area contributed by atoms with Crippen molar-refractivity contribution in [1.82, 2.24) is 0 Å². The van der Waals surface area contributed by atoms with Gasteiger partial charge in [0, 0.05) is 0 Å². The topological polar surface area (TPSA) is 0 Å². The monoisotopic (exact) mass is 274 g/mol. The molecule has 0 bridgehead atoms. The van der Waals surface area contributed by atoms with Crippen molar-refractivity contribution in [2.45, 2.75) is 58.3 Å². The molecule has 0 unspecified atom stereocenters. The molecule has 0 heterocycles. The average molecular weight is 275 g/mol. The molecular formula is C11H21Sb. The molecule has 0 spiro atoms. The first-order valence-electron chi connectivity index (χ1n) is 5.10. The van der Waals surface area contributed by atoms with Crippen molar-refractivity contribution in [3.8, 4) is 9.79 Å². The van der Waals surface area contributed by atoms with Crippen LogP contribution in [0.2, 0.25) is 0 Å². The van der Waals surface area contributed by atoms with Crippen LogP contribution in [-0.2, 0) is 0 Å². The Morgan fingerprint density at radius 2 is 1.50 bits per heavy atom. The van der Waals surface area contributed by atoms with Crippen LogP contribution in [0.25, 0.3) is 0 Å². The summed E-state index contributed by atoms with van der Waals surface area (Å²) in [5, 5.41) is 0. The molecule has 0 aromatic rings. The zero-order valence-corrected chi connectivity index (χ0v) is 11.5. The summed E-state index contributed by atoms with van der Waals surface area (Å²) in [4.78, 5) is 0. The quantitative estimate of drug-likeness (QED) is 0.381. The van der Waals surface area contributed by atoms with Gasteiger partial charge in [-0.1, -0.05) is 0 Å². The second-order valence-electron chi connectivity index (χ2n) is 3.19. The Morgan fingerprint density at radius 1 is 0.917 bits per heavy atom. The van der Waals surface area contributed by atoms with Crippen LogP contribution >= 0.6 is 0 Å². The summed E-state index contributed by atoms with van der Waals surface area (Å²) >= 11 is 1.10. The standard InChI is InChI=1S/C11H19.Sb.2H/c1-3-5-7-9-11-10-8-6-4-2;;;/h3,5-11H2,1H3;;;. The minimum absolute atomic E-state index is 1.10. The molecule has 0 N–H and O–H groups in total. The molecule has 0 nitrogen and oxygen atoms in total. The van der Waals surface area contributed by atoms with Crippen LogP contribution in [0.3, 0.4) is 0 Å². The number of unbranched alkanes of at least 4 members (excludes halogenated alkanes) is 7. The molecule has 0 aliphatic heterocycles. The third-order valence-corrected chi connectivity index (χ3v) is 2.59. The Labute approximate surface area is 91.0 Å². The fraction of sp³-hybridized carbons (Fsp3) is 0.818. The first-order chi connectivity index (χ1) is 5.91. The van der Waals surface area contributed by atoms with Crippen molar-refractivity contribution in [1.29, 1.82) is 0 Å². The molecule has 0 saturated heterocycles. The van der Waals surface area contributed by atoms with E-state index < -0.39 is 0 Å². The number of hydrogen-bond donors (Lipinski definition) is 0. The van der Waals surface area contributed by atoms with E-state index in [0.717, 1.165) is 29.4 Å². The molecular weight excluding hydrogens is 254 g/mol. The van der Waals surface area contributed by atoms with Crippen LogP contribution in [0.4, 0.5) is 0 Å². The summed E-state index contributed by atoms with van der Waals surface area (Å²) in [5.41, 5.74) is 0. The van der Waals surface area contributed by atoms with Crippen LogP contribution < -0.4 is 0 Å². The van der Waals surface area contributed by atoms with E-state index in [1.807, 2.05) is 0 Å². The van der Waals surface area contributed by atoms with E-state index in [-0.39, 0.29) is 0 Å². The molecule has 0 radical (unpaired) electrons. The van der Waals surface area contributed by atoms with Gasteiger partial charge in [-0.2, -0.15) is 0 Å². The second kappa shape index (κ2) is 11.4. The van der Waals surface area contributed by atoms with Crippen molar-refractivity contribution in [3.05, 3.63) is 0 Å². The first kappa shape index (κ1) is 12.4. The van der Waals surface area contributed by atoms with Crippen LogP contribution in [0.5, 0.6) is 0 Å². The second-order valence-corrected chi connectivity index (χ2v) is 4.02. The van der Waals surface area contributed by atoms with Gasteiger partial charge in [-0.25, -0.2) is 0 Å². The molecule has 12 heavy (non-hydrogen) atoms. The number of hydrogen-bond acceptors (Lipinski definition) is 0. The van der Waals surface area contributed by atoms with Gasteiger partial charge < -0.3 is 0 Å². The molecule has 0 saturated carbocycles. The van der Waals surface area contributed by atoms with Gasteiger partial charge in [0.2, 0.25) is 0 Å². The van der Waals surface area contributed by atoms with Gasteiger partial charge in [0.25, 0.3) is 0 Å². The third kappa shape index (κ3) is 10.4. The summed E-state index contributed by atoms with van der Waals surface area (Å²) in [6, 6.07) is 0. The van der Waals surface area contributed by atoms with E-state index in [2.05, 4.69) is 16.7 Å². The molecule has 0 fully saturated rings. The Bertz CT molecular complexity index is 130. The molecule has 0 rings (SSSR count). The maximum atomic E-state index is 3.16. The Balaban J connectivity index is 2.84.